The summed E-state index contributed by atoms with van der Waals surface area (Å²) in [7, 11) is 1.55. The Labute approximate surface area is 137 Å². The normalized spacial score (nSPS) is 10.7. The van der Waals surface area contributed by atoms with Gasteiger partial charge in [-0.05, 0) is 30.5 Å². The molecule has 3 rings (SSSR count). The number of methoxy groups -OCH3 is 1. The molecule has 0 radical (unpaired) electrons. The molecule has 0 atom stereocenters. The van der Waals surface area contributed by atoms with Crippen molar-refractivity contribution in [3.8, 4) is 22.1 Å². The average molecular weight is 329 g/mol. The largest absolute Gasteiger partial charge is 0.493 e. The van der Waals surface area contributed by atoms with Gasteiger partial charge in [0.05, 0.1) is 35.4 Å². The zero-order valence-electron chi connectivity index (χ0n) is 12.7. The third-order valence-electron chi connectivity index (χ3n) is 3.40. The number of carboxylic acid groups (broad SMARTS) is 1. The standard InChI is InChI=1S/C17H15NO4S/c1-3-22-15-8-10-11(17(19)20)7-13(16-5-4-6-23-16)18-12(10)9-14(15)21-2/h4-9H,3H2,1-2H3,(H,19,20). The smallest absolute Gasteiger partial charge is 0.336 e. The highest BCUT2D eigenvalue weighted by molar-refractivity contribution is 7.13. The Morgan fingerprint density at radius 1 is 1.30 bits per heavy atom. The van der Waals surface area contributed by atoms with Crippen molar-refractivity contribution >= 4 is 28.2 Å². The molecule has 0 aliphatic heterocycles. The summed E-state index contributed by atoms with van der Waals surface area (Å²) < 4.78 is 10.9. The van der Waals surface area contributed by atoms with Crippen LogP contribution in [-0.2, 0) is 0 Å². The molecule has 3 aromatic rings. The quantitative estimate of drug-likeness (QED) is 0.764. The van der Waals surface area contributed by atoms with Gasteiger partial charge in [0.15, 0.2) is 11.5 Å². The number of aromatic carboxylic acids is 1. The fourth-order valence-electron chi connectivity index (χ4n) is 2.39. The number of hydrogen-bond acceptors (Lipinski definition) is 5. The van der Waals surface area contributed by atoms with Crippen molar-refractivity contribution in [2.24, 2.45) is 0 Å². The number of rotatable bonds is 5. The summed E-state index contributed by atoms with van der Waals surface area (Å²) in [5.74, 6) is 0.0463. The van der Waals surface area contributed by atoms with E-state index in [0.29, 0.717) is 34.7 Å². The lowest BCUT2D eigenvalue weighted by molar-refractivity contribution is 0.0699. The second-order valence-electron chi connectivity index (χ2n) is 4.79. The van der Waals surface area contributed by atoms with Crippen molar-refractivity contribution in [1.82, 2.24) is 4.98 Å². The summed E-state index contributed by atoms with van der Waals surface area (Å²) >= 11 is 1.51. The number of aromatic nitrogens is 1. The van der Waals surface area contributed by atoms with Gasteiger partial charge in [0.2, 0.25) is 0 Å². The summed E-state index contributed by atoms with van der Waals surface area (Å²) in [6, 6.07) is 8.80. The Morgan fingerprint density at radius 3 is 2.74 bits per heavy atom. The molecule has 2 aromatic heterocycles. The molecule has 0 saturated heterocycles. The molecular formula is C17H15NO4S. The zero-order chi connectivity index (χ0) is 16.4. The topological polar surface area (TPSA) is 68.7 Å². The fraction of sp³-hybridized carbons (Fsp3) is 0.176. The molecule has 0 saturated carbocycles. The molecule has 0 amide bonds. The van der Waals surface area contributed by atoms with Crippen molar-refractivity contribution in [2.75, 3.05) is 13.7 Å². The Bertz CT molecular complexity index is 859. The monoisotopic (exact) mass is 329 g/mol. The highest BCUT2D eigenvalue weighted by atomic mass is 32.1. The first-order chi connectivity index (χ1) is 11.1. The predicted octanol–water partition coefficient (Wildman–Crippen LogP) is 4.07. The van der Waals surface area contributed by atoms with E-state index in [4.69, 9.17) is 9.47 Å². The van der Waals surface area contributed by atoms with Crippen LogP contribution in [0.1, 0.15) is 17.3 Å². The van der Waals surface area contributed by atoms with Crippen molar-refractivity contribution in [3.05, 3.63) is 41.3 Å². The fourth-order valence-corrected chi connectivity index (χ4v) is 3.08. The van der Waals surface area contributed by atoms with Crippen LogP contribution in [0.5, 0.6) is 11.5 Å². The molecule has 0 bridgehead atoms. The Hall–Kier alpha value is -2.60. The summed E-state index contributed by atoms with van der Waals surface area (Å²) in [5, 5.41) is 12.0. The number of thiophene rings is 1. The van der Waals surface area contributed by atoms with E-state index >= 15 is 0 Å². The van der Waals surface area contributed by atoms with Gasteiger partial charge in [-0.25, -0.2) is 9.78 Å². The van der Waals surface area contributed by atoms with Crippen LogP contribution in [0.25, 0.3) is 21.5 Å². The molecule has 118 valence electrons. The molecule has 2 heterocycles. The summed E-state index contributed by atoms with van der Waals surface area (Å²) in [5.41, 5.74) is 1.40. The zero-order valence-corrected chi connectivity index (χ0v) is 13.5. The Balaban J connectivity index is 2.29. The molecule has 0 aliphatic rings. The molecule has 1 N–H and O–H groups in total. The van der Waals surface area contributed by atoms with E-state index in [2.05, 4.69) is 4.98 Å². The van der Waals surface area contributed by atoms with E-state index in [1.807, 2.05) is 24.4 Å². The van der Waals surface area contributed by atoms with Crippen LogP contribution in [0.2, 0.25) is 0 Å². The van der Waals surface area contributed by atoms with E-state index in [0.717, 1.165) is 4.88 Å². The number of carbonyl (C=O) groups is 1. The van der Waals surface area contributed by atoms with Crippen LogP contribution < -0.4 is 9.47 Å². The third-order valence-corrected chi connectivity index (χ3v) is 4.29. The average Bonchev–Trinajstić information content (AvgIpc) is 3.07. The van der Waals surface area contributed by atoms with Gasteiger partial charge in [-0.15, -0.1) is 11.3 Å². The molecule has 0 aliphatic carbocycles. The minimum atomic E-state index is -0.997. The second kappa shape index (κ2) is 6.26. The van der Waals surface area contributed by atoms with Gasteiger partial charge >= 0.3 is 5.97 Å². The Kier molecular flexibility index (Phi) is 4.16. The first kappa shape index (κ1) is 15.3. The number of pyridine rings is 1. The first-order valence-corrected chi connectivity index (χ1v) is 7.94. The van der Waals surface area contributed by atoms with E-state index in [1.165, 1.54) is 11.3 Å². The molecule has 0 spiro atoms. The molecule has 0 unspecified atom stereocenters. The number of carboxylic acids is 1. The lowest BCUT2D eigenvalue weighted by Gasteiger charge is -2.12. The van der Waals surface area contributed by atoms with Gasteiger partial charge in [-0.3, -0.25) is 0 Å². The maximum absolute atomic E-state index is 11.7. The van der Waals surface area contributed by atoms with Gasteiger partial charge in [0.1, 0.15) is 0 Å². The molecule has 6 heteroatoms. The van der Waals surface area contributed by atoms with E-state index < -0.39 is 5.97 Å². The number of nitrogens with zero attached hydrogens (tertiary/aromatic N) is 1. The second-order valence-corrected chi connectivity index (χ2v) is 5.74. The number of ether oxygens (including phenoxy) is 2. The maximum atomic E-state index is 11.7. The van der Waals surface area contributed by atoms with Crippen molar-refractivity contribution < 1.29 is 19.4 Å². The van der Waals surface area contributed by atoms with Crippen LogP contribution in [0.4, 0.5) is 0 Å². The van der Waals surface area contributed by atoms with Crippen LogP contribution >= 0.6 is 11.3 Å². The molecule has 1 aromatic carbocycles. The summed E-state index contributed by atoms with van der Waals surface area (Å²) in [6.07, 6.45) is 0. The number of hydrogen-bond donors (Lipinski definition) is 1. The van der Waals surface area contributed by atoms with Gasteiger partial charge in [-0.1, -0.05) is 6.07 Å². The molecule has 0 fully saturated rings. The predicted molar refractivity (Wildman–Crippen MR) is 89.7 cm³/mol. The highest BCUT2D eigenvalue weighted by Gasteiger charge is 2.17. The Morgan fingerprint density at radius 2 is 2.13 bits per heavy atom. The van der Waals surface area contributed by atoms with Gasteiger partial charge in [0, 0.05) is 11.5 Å². The third kappa shape index (κ3) is 2.85. The van der Waals surface area contributed by atoms with E-state index in [-0.39, 0.29) is 5.56 Å². The van der Waals surface area contributed by atoms with Gasteiger partial charge in [0.25, 0.3) is 0 Å². The SMILES string of the molecule is CCOc1cc2c(C(=O)O)cc(-c3cccs3)nc2cc1OC. The van der Waals surface area contributed by atoms with Crippen LogP contribution in [-0.4, -0.2) is 29.8 Å². The lowest BCUT2D eigenvalue weighted by atomic mass is 10.1. The molecule has 5 nitrogen and oxygen atoms in total. The summed E-state index contributed by atoms with van der Waals surface area (Å²) in [4.78, 5) is 17.2. The van der Waals surface area contributed by atoms with Gasteiger partial charge < -0.3 is 14.6 Å². The van der Waals surface area contributed by atoms with E-state index in [1.54, 1.807) is 25.3 Å². The van der Waals surface area contributed by atoms with Gasteiger partial charge in [-0.2, -0.15) is 0 Å². The van der Waals surface area contributed by atoms with Crippen molar-refractivity contribution in [2.45, 2.75) is 6.92 Å². The van der Waals surface area contributed by atoms with Crippen LogP contribution in [0.3, 0.4) is 0 Å². The lowest BCUT2D eigenvalue weighted by Crippen LogP contribution is -2.02. The van der Waals surface area contributed by atoms with Crippen LogP contribution in [0, 0.1) is 0 Å². The minimum absolute atomic E-state index is 0.196. The number of benzene rings is 1. The summed E-state index contributed by atoms with van der Waals surface area (Å²) in [6.45, 7) is 2.32. The van der Waals surface area contributed by atoms with Crippen molar-refractivity contribution in [1.29, 1.82) is 0 Å². The maximum Gasteiger partial charge on any atom is 0.336 e. The van der Waals surface area contributed by atoms with E-state index in [9.17, 15) is 9.90 Å². The van der Waals surface area contributed by atoms with Crippen LogP contribution in [0.15, 0.2) is 35.7 Å². The molecular weight excluding hydrogens is 314 g/mol. The highest BCUT2D eigenvalue weighted by Crippen LogP contribution is 2.35. The first-order valence-electron chi connectivity index (χ1n) is 7.06. The molecule has 23 heavy (non-hydrogen) atoms. The number of fused-ring (bicyclic) bond motifs is 1. The minimum Gasteiger partial charge on any atom is -0.493 e. The van der Waals surface area contributed by atoms with Crippen molar-refractivity contribution in [3.63, 3.8) is 0 Å².